The number of aromatic nitrogens is 1. The molecule has 0 bridgehead atoms. The normalized spacial score (nSPS) is 10.4. The fourth-order valence-corrected chi connectivity index (χ4v) is 3.18. The Morgan fingerprint density at radius 2 is 1.71 bits per heavy atom. The molecule has 1 aromatic heterocycles. The van der Waals surface area contributed by atoms with E-state index in [-0.39, 0.29) is 5.91 Å². The van der Waals surface area contributed by atoms with E-state index >= 15 is 0 Å². The molecule has 1 aromatic carbocycles. The van der Waals surface area contributed by atoms with Gasteiger partial charge in [-0.2, -0.15) is 0 Å². The van der Waals surface area contributed by atoms with Crippen molar-refractivity contribution in [2.75, 3.05) is 10.6 Å². The molecule has 28 heavy (non-hydrogen) atoms. The van der Waals surface area contributed by atoms with Crippen LogP contribution in [0.2, 0.25) is 0 Å². The second-order valence-electron chi connectivity index (χ2n) is 5.85. The molecule has 0 unspecified atom stereocenters. The summed E-state index contributed by atoms with van der Waals surface area (Å²) >= 11 is 1.39. The first-order chi connectivity index (χ1) is 13.3. The van der Waals surface area contributed by atoms with E-state index in [1.807, 2.05) is 28.1 Å². The van der Waals surface area contributed by atoms with Crippen molar-refractivity contribution in [2.24, 2.45) is 0 Å². The second kappa shape index (κ2) is 10.1. The lowest BCUT2D eigenvalue weighted by Crippen LogP contribution is -2.52. The molecule has 0 atom stereocenters. The van der Waals surface area contributed by atoms with E-state index in [1.54, 1.807) is 12.1 Å². The van der Waals surface area contributed by atoms with Crippen LogP contribution < -0.4 is 21.3 Å². The first-order valence-electron chi connectivity index (χ1n) is 8.38. The molecule has 0 saturated carbocycles. The van der Waals surface area contributed by atoms with Gasteiger partial charge in [0.25, 0.3) is 0 Å². The van der Waals surface area contributed by atoms with E-state index < -0.39 is 18.5 Å². The molecule has 3 amide bonds. The fourth-order valence-electron chi connectivity index (χ4n) is 2.39. The van der Waals surface area contributed by atoms with Gasteiger partial charge in [0.15, 0.2) is 11.4 Å². The highest BCUT2D eigenvalue weighted by molar-refractivity contribution is 7.13. The highest BCUT2D eigenvalue weighted by atomic mass is 32.1. The maximum atomic E-state index is 11.0. The monoisotopic (exact) mass is 407 g/mol. The highest BCUT2D eigenvalue weighted by Crippen LogP contribution is 2.18. The predicted molar refractivity (Wildman–Crippen MR) is 105 cm³/mol. The van der Waals surface area contributed by atoms with E-state index in [2.05, 4.69) is 15.6 Å². The summed E-state index contributed by atoms with van der Waals surface area (Å²) in [4.78, 5) is 36.8. The average Bonchev–Trinajstić information content (AvgIpc) is 3.01. The second-order valence-corrected chi connectivity index (χ2v) is 6.71. The fraction of sp³-hybridized carbons (Fsp3) is 0.294. The van der Waals surface area contributed by atoms with Gasteiger partial charge in [0.2, 0.25) is 5.91 Å². The van der Waals surface area contributed by atoms with Crippen LogP contribution >= 0.6 is 11.3 Å². The van der Waals surface area contributed by atoms with Crippen LogP contribution in [-0.2, 0) is 17.6 Å². The summed E-state index contributed by atoms with van der Waals surface area (Å²) in [6, 6.07) is 7.25. The number of carbonyl (C=O) groups is 3. The zero-order valence-electron chi connectivity index (χ0n) is 15.1. The minimum absolute atomic E-state index is 0.144. The van der Waals surface area contributed by atoms with E-state index in [1.165, 1.54) is 18.3 Å². The lowest BCUT2D eigenvalue weighted by atomic mass is 10.1. The smallest absolute Gasteiger partial charge is 0.407 e. The molecule has 11 heteroatoms. The Labute approximate surface area is 165 Å². The molecule has 2 aromatic rings. The van der Waals surface area contributed by atoms with Crippen LogP contribution in [0.25, 0.3) is 0 Å². The highest BCUT2D eigenvalue weighted by Gasteiger charge is 2.13. The van der Waals surface area contributed by atoms with E-state index in [4.69, 9.17) is 10.2 Å². The number of benzene rings is 1. The first-order valence-corrected chi connectivity index (χ1v) is 9.26. The summed E-state index contributed by atoms with van der Waals surface area (Å²) in [5.74, 6) is -0.144. The topological polar surface area (TPSA) is 153 Å². The van der Waals surface area contributed by atoms with E-state index in [0.29, 0.717) is 10.8 Å². The Bertz CT molecular complexity index is 808. The largest absolute Gasteiger partial charge is 0.465 e. The Morgan fingerprint density at radius 3 is 2.29 bits per heavy atom. The van der Waals surface area contributed by atoms with Crippen molar-refractivity contribution >= 4 is 40.2 Å². The van der Waals surface area contributed by atoms with Crippen molar-refractivity contribution in [3.8, 4) is 0 Å². The molecule has 10 nitrogen and oxygen atoms in total. The van der Waals surface area contributed by atoms with Gasteiger partial charge in [0.05, 0.1) is 5.69 Å². The van der Waals surface area contributed by atoms with Gasteiger partial charge in [-0.05, 0) is 37.0 Å². The summed E-state index contributed by atoms with van der Waals surface area (Å²) in [5.41, 5.74) is 2.57. The minimum Gasteiger partial charge on any atom is -0.465 e. The van der Waals surface area contributed by atoms with Crippen LogP contribution in [-0.4, -0.2) is 39.6 Å². The zero-order valence-corrected chi connectivity index (χ0v) is 15.9. The number of thiazole rings is 1. The predicted octanol–water partition coefficient (Wildman–Crippen LogP) is 2.51. The summed E-state index contributed by atoms with van der Waals surface area (Å²) in [5, 5.41) is 29.4. The van der Waals surface area contributed by atoms with Crippen molar-refractivity contribution in [1.29, 1.82) is 0 Å². The van der Waals surface area contributed by atoms with Crippen molar-refractivity contribution < 1.29 is 24.6 Å². The molecule has 0 aliphatic rings. The molecule has 0 aliphatic carbocycles. The van der Waals surface area contributed by atoms with Gasteiger partial charge in [0, 0.05) is 18.0 Å². The van der Waals surface area contributed by atoms with Gasteiger partial charge in [-0.15, -0.1) is 11.3 Å². The number of hydrogen-bond acceptors (Lipinski definition) is 6. The quantitative estimate of drug-likeness (QED) is 0.349. The van der Waals surface area contributed by atoms with Crippen molar-refractivity contribution in [3.63, 3.8) is 0 Å². The molecule has 0 saturated heterocycles. The number of anilines is 2. The first kappa shape index (κ1) is 21.0. The van der Waals surface area contributed by atoms with Crippen LogP contribution in [0.1, 0.15) is 24.6 Å². The van der Waals surface area contributed by atoms with Crippen LogP contribution in [0.3, 0.4) is 0 Å². The molecule has 6 N–H and O–H groups in total. The molecular weight excluding hydrogens is 386 g/mol. The number of aryl methyl sites for hydroxylation is 2. The summed E-state index contributed by atoms with van der Waals surface area (Å²) in [6.07, 6.45) is -1.40. The Balaban J connectivity index is 1.83. The third kappa shape index (κ3) is 7.50. The van der Waals surface area contributed by atoms with E-state index in [9.17, 15) is 14.4 Å². The van der Waals surface area contributed by atoms with Crippen molar-refractivity contribution in [3.05, 3.63) is 40.9 Å². The Kier molecular flexibility index (Phi) is 7.57. The number of carbonyl (C=O) groups excluding carboxylic acids is 1. The molecule has 0 fully saturated rings. The molecule has 0 aliphatic heterocycles. The lowest BCUT2D eigenvalue weighted by Gasteiger charge is -2.19. The van der Waals surface area contributed by atoms with Gasteiger partial charge in [-0.3, -0.25) is 15.4 Å². The Hall–Kier alpha value is -3.34. The third-order valence-electron chi connectivity index (χ3n) is 3.53. The molecule has 2 rings (SSSR count). The number of amides is 3. The van der Waals surface area contributed by atoms with Gasteiger partial charge in [-0.25, -0.2) is 14.6 Å². The SMILES string of the molecule is CC(=O)Nc1nc(CCCc2ccc(NC(NC(=O)O)NC(=O)O)cc2)cs1. The van der Waals surface area contributed by atoms with Gasteiger partial charge in [-0.1, -0.05) is 12.1 Å². The number of nitrogens with zero attached hydrogens (tertiary/aromatic N) is 1. The van der Waals surface area contributed by atoms with Gasteiger partial charge < -0.3 is 20.8 Å². The zero-order chi connectivity index (χ0) is 20.5. The molecule has 0 spiro atoms. The molecule has 150 valence electrons. The maximum Gasteiger partial charge on any atom is 0.407 e. The summed E-state index contributed by atoms with van der Waals surface area (Å²) < 4.78 is 0. The van der Waals surface area contributed by atoms with Crippen molar-refractivity contribution in [2.45, 2.75) is 32.5 Å². The number of carboxylic acid groups (broad SMARTS) is 2. The number of nitrogens with one attached hydrogen (secondary N) is 4. The van der Waals surface area contributed by atoms with Crippen molar-refractivity contribution in [1.82, 2.24) is 15.6 Å². The Morgan fingerprint density at radius 1 is 1.07 bits per heavy atom. The lowest BCUT2D eigenvalue weighted by molar-refractivity contribution is -0.114. The van der Waals surface area contributed by atoms with Gasteiger partial charge in [0.1, 0.15) is 0 Å². The van der Waals surface area contributed by atoms with Crippen LogP contribution in [0, 0.1) is 0 Å². The van der Waals surface area contributed by atoms with Crippen LogP contribution in [0.5, 0.6) is 0 Å². The summed E-state index contributed by atoms with van der Waals surface area (Å²) in [6.45, 7) is 1.44. The minimum atomic E-state index is -1.36. The van der Waals surface area contributed by atoms with Crippen LogP contribution in [0.15, 0.2) is 29.6 Å². The molecular formula is C17H21N5O5S. The molecule has 1 heterocycles. The standard InChI is InChI=1S/C17H21N5O5S/c1-10(23)18-15-20-13(9-28-15)4-2-3-11-5-7-12(8-6-11)19-14(21-16(24)25)22-17(26)27/h5-9,14,19,21-22H,2-4H2,1H3,(H,24,25)(H,26,27)(H,18,20,23). The van der Waals surface area contributed by atoms with Gasteiger partial charge >= 0.3 is 12.2 Å². The maximum absolute atomic E-state index is 11.0. The number of rotatable bonds is 9. The third-order valence-corrected chi connectivity index (χ3v) is 4.34. The van der Waals surface area contributed by atoms with Crippen LogP contribution in [0.4, 0.5) is 20.4 Å². The average molecular weight is 407 g/mol. The van der Waals surface area contributed by atoms with E-state index in [0.717, 1.165) is 30.5 Å². The summed E-state index contributed by atoms with van der Waals surface area (Å²) in [7, 11) is 0. The molecule has 0 radical (unpaired) electrons. The number of hydrogen-bond donors (Lipinski definition) is 6.